The molecule has 1 aromatic heterocycles. The molecule has 0 aliphatic carbocycles. The number of aromatic nitrogens is 2. The van der Waals surface area contributed by atoms with Gasteiger partial charge in [-0.25, -0.2) is 0 Å². The van der Waals surface area contributed by atoms with Crippen LogP contribution in [0.3, 0.4) is 0 Å². The van der Waals surface area contributed by atoms with Crippen LogP contribution in [0, 0.1) is 5.92 Å². The van der Waals surface area contributed by atoms with Crippen molar-refractivity contribution in [3.63, 3.8) is 0 Å². The summed E-state index contributed by atoms with van der Waals surface area (Å²) >= 11 is 0. The Morgan fingerprint density at radius 2 is 2.09 bits per heavy atom. The molecule has 1 aromatic rings. The molecule has 0 saturated carbocycles. The summed E-state index contributed by atoms with van der Waals surface area (Å²) in [7, 11) is 6.41. The van der Waals surface area contributed by atoms with Gasteiger partial charge in [0.2, 0.25) is 0 Å². The second-order valence-electron chi connectivity index (χ2n) is 7.46. The highest BCUT2D eigenvalue weighted by Gasteiger charge is 2.32. The Morgan fingerprint density at radius 3 is 2.64 bits per heavy atom. The van der Waals surface area contributed by atoms with Crippen LogP contribution in [0.2, 0.25) is 0 Å². The van der Waals surface area contributed by atoms with E-state index in [-0.39, 0.29) is 17.9 Å². The fourth-order valence-electron chi connectivity index (χ4n) is 3.73. The summed E-state index contributed by atoms with van der Waals surface area (Å²) in [6.07, 6.45) is 6.73. The number of hydrogen-bond acceptors (Lipinski definition) is 4. The lowest BCUT2D eigenvalue weighted by molar-refractivity contribution is 0.0895. The summed E-state index contributed by atoms with van der Waals surface area (Å²) in [5.74, 6) is 0.639. The van der Waals surface area contributed by atoms with Gasteiger partial charge in [-0.1, -0.05) is 0 Å². The number of likely N-dealkylation sites (tertiary alicyclic amines) is 1. The summed E-state index contributed by atoms with van der Waals surface area (Å²) < 4.78 is 1.90. The fraction of sp³-hybridized carbons (Fsp3) is 0.812. The topological polar surface area (TPSA) is 50.3 Å². The minimum absolute atomic E-state index is 0. The average molecular weight is 330 g/mol. The lowest BCUT2D eigenvalue weighted by Crippen LogP contribution is -2.47. The summed E-state index contributed by atoms with van der Waals surface area (Å²) in [5, 5.41) is 4.36. The van der Waals surface area contributed by atoms with Crippen LogP contribution in [0.4, 0.5) is 0 Å². The van der Waals surface area contributed by atoms with Gasteiger partial charge in [-0.3, -0.25) is 9.58 Å². The Bertz CT molecular complexity index is 454. The van der Waals surface area contributed by atoms with E-state index in [0.29, 0.717) is 12.0 Å². The predicted molar refractivity (Wildman–Crippen MR) is 94.3 cm³/mol. The predicted octanol–water partition coefficient (Wildman–Crippen LogP) is 1.89. The zero-order valence-electron chi connectivity index (χ0n) is 14.6. The smallest absolute Gasteiger partial charge is 0.0537 e. The van der Waals surface area contributed by atoms with Crippen LogP contribution in [0.1, 0.15) is 38.3 Å². The van der Waals surface area contributed by atoms with Gasteiger partial charge in [-0.15, -0.1) is 12.4 Å². The number of aryl methyl sites for hydroxylation is 1. The SMILES string of the molecule is CN(C[C@@H]1CCCN(C)[C@H]1c1cnn(C)c1)CC(C)(C)N.Cl. The van der Waals surface area contributed by atoms with Crippen LogP contribution in [0.15, 0.2) is 12.4 Å². The van der Waals surface area contributed by atoms with E-state index < -0.39 is 0 Å². The first-order valence-corrected chi connectivity index (χ1v) is 7.92. The van der Waals surface area contributed by atoms with Crippen molar-refractivity contribution in [2.24, 2.45) is 18.7 Å². The molecule has 1 aliphatic heterocycles. The molecule has 0 aromatic carbocycles. The Labute approximate surface area is 141 Å². The molecule has 0 radical (unpaired) electrons. The van der Waals surface area contributed by atoms with Crippen LogP contribution >= 0.6 is 12.4 Å². The number of halogens is 1. The third-order valence-corrected chi connectivity index (χ3v) is 4.30. The number of likely N-dealkylation sites (N-methyl/N-ethyl adjacent to an activating group) is 1. The largest absolute Gasteiger partial charge is 0.324 e. The highest BCUT2D eigenvalue weighted by Crippen LogP contribution is 2.35. The molecule has 6 heteroatoms. The van der Waals surface area contributed by atoms with Crippen LogP contribution in [0.5, 0.6) is 0 Å². The van der Waals surface area contributed by atoms with Crippen molar-refractivity contribution < 1.29 is 0 Å². The number of piperidine rings is 1. The van der Waals surface area contributed by atoms with Gasteiger partial charge in [-0.05, 0) is 53.2 Å². The number of nitrogens with zero attached hydrogens (tertiary/aromatic N) is 4. The molecule has 2 N–H and O–H groups in total. The number of rotatable bonds is 5. The maximum atomic E-state index is 6.15. The normalized spacial score (nSPS) is 23.6. The third-order valence-electron chi connectivity index (χ3n) is 4.30. The maximum Gasteiger partial charge on any atom is 0.0537 e. The molecule has 1 fully saturated rings. The van der Waals surface area contributed by atoms with Crippen LogP contribution < -0.4 is 5.73 Å². The van der Waals surface area contributed by atoms with Crippen molar-refractivity contribution in [2.75, 3.05) is 33.7 Å². The molecule has 2 heterocycles. The minimum Gasteiger partial charge on any atom is -0.324 e. The Morgan fingerprint density at radius 1 is 1.41 bits per heavy atom. The lowest BCUT2D eigenvalue weighted by atomic mass is 9.85. The molecule has 0 unspecified atom stereocenters. The highest BCUT2D eigenvalue weighted by atomic mass is 35.5. The van der Waals surface area contributed by atoms with Crippen molar-refractivity contribution in [1.82, 2.24) is 19.6 Å². The first kappa shape index (κ1) is 19.4. The van der Waals surface area contributed by atoms with Gasteiger partial charge >= 0.3 is 0 Å². The molecule has 22 heavy (non-hydrogen) atoms. The van der Waals surface area contributed by atoms with Crippen molar-refractivity contribution in [2.45, 2.75) is 38.3 Å². The van der Waals surface area contributed by atoms with E-state index in [1.165, 1.54) is 24.9 Å². The number of nitrogens with two attached hydrogens (primary N) is 1. The Hall–Kier alpha value is -0.620. The standard InChI is InChI=1S/C16H31N5.ClH/c1-16(2,17)12-19(3)10-13-7-6-8-20(4)15(13)14-9-18-21(5)11-14;/h9,11,13,15H,6-8,10,12,17H2,1-5H3;1H/t13-,15+;/m0./s1. The molecule has 2 atom stereocenters. The zero-order valence-corrected chi connectivity index (χ0v) is 15.4. The van der Waals surface area contributed by atoms with E-state index in [1.807, 2.05) is 17.9 Å². The fourth-order valence-corrected chi connectivity index (χ4v) is 3.73. The van der Waals surface area contributed by atoms with E-state index in [0.717, 1.165) is 13.1 Å². The van der Waals surface area contributed by atoms with Crippen LogP contribution in [-0.4, -0.2) is 58.8 Å². The van der Waals surface area contributed by atoms with E-state index in [1.54, 1.807) is 0 Å². The molecule has 2 rings (SSSR count). The first-order chi connectivity index (χ1) is 9.76. The van der Waals surface area contributed by atoms with Crippen molar-refractivity contribution in [1.29, 1.82) is 0 Å². The maximum absolute atomic E-state index is 6.15. The van der Waals surface area contributed by atoms with Gasteiger partial charge in [0.25, 0.3) is 0 Å². The second kappa shape index (κ2) is 7.77. The Balaban J connectivity index is 0.00000242. The van der Waals surface area contributed by atoms with E-state index in [2.05, 4.69) is 49.0 Å². The molecule has 0 spiro atoms. The lowest BCUT2D eigenvalue weighted by Gasteiger charge is -2.41. The van der Waals surface area contributed by atoms with Crippen LogP contribution in [-0.2, 0) is 7.05 Å². The second-order valence-corrected chi connectivity index (χ2v) is 7.46. The average Bonchev–Trinajstić information content (AvgIpc) is 2.73. The molecular weight excluding hydrogens is 298 g/mol. The Kier molecular flexibility index (Phi) is 6.86. The number of hydrogen-bond donors (Lipinski definition) is 1. The quantitative estimate of drug-likeness (QED) is 0.896. The van der Waals surface area contributed by atoms with Gasteiger partial charge in [0.1, 0.15) is 0 Å². The van der Waals surface area contributed by atoms with E-state index >= 15 is 0 Å². The monoisotopic (exact) mass is 329 g/mol. The van der Waals surface area contributed by atoms with Gasteiger partial charge < -0.3 is 10.6 Å². The zero-order chi connectivity index (χ0) is 15.6. The van der Waals surface area contributed by atoms with Gasteiger partial charge in [0.05, 0.1) is 6.20 Å². The van der Waals surface area contributed by atoms with Gasteiger partial charge in [0, 0.05) is 43.5 Å². The van der Waals surface area contributed by atoms with Crippen LogP contribution in [0.25, 0.3) is 0 Å². The van der Waals surface area contributed by atoms with E-state index in [9.17, 15) is 0 Å². The van der Waals surface area contributed by atoms with Crippen molar-refractivity contribution in [3.8, 4) is 0 Å². The van der Waals surface area contributed by atoms with Gasteiger partial charge in [-0.2, -0.15) is 5.10 Å². The first-order valence-electron chi connectivity index (χ1n) is 7.92. The summed E-state index contributed by atoms with van der Waals surface area (Å²) in [4.78, 5) is 4.86. The molecule has 0 bridgehead atoms. The van der Waals surface area contributed by atoms with Crippen molar-refractivity contribution in [3.05, 3.63) is 18.0 Å². The highest BCUT2D eigenvalue weighted by molar-refractivity contribution is 5.85. The van der Waals surface area contributed by atoms with Gasteiger partial charge in [0.15, 0.2) is 0 Å². The van der Waals surface area contributed by atoms with E-state index in [4.69, 9.17) is 5.73 Å². The third kappa shape index (κ3) is 5.23. The summed E-state index contributed by atoms with van der Waals surface area (Å²) in [6.45, 7) is 7.36. The summed E-state index contributed by atoms with van der Waals surface area (Å²) in [6, 6.07) is 0.468. The minimum atomic E-state index is -0.140. The molecule has 5 nitrogen and oxygen atoms in total. The molecule has 1 saturated heterocycles. The van der Waals surface area contributed by atoms with Crippen molar-refractivity contribution >= 4 is 12.4 Å². The molecule has 128 valence electrons. The summed E-state index contributed by atoms with van der Waals surface area (Å²) in [5.41, 5.74) is 7.35. The molecule has 1 aliphatic rings. The molecular formula is C16H32ClN5. The molecule has 0 amide bonds.